The molecule has 4 heteroatoms. The van der Waals surface area contributed by atoms with Crippen molar-refractivity contribution in [3.8, 4) is 34.0 Å². The van der Waals surface area contributed by atoms with Crippen LogP contribution < -0.4 is 9.64 Å². The fraction of sp³-hybridized carbons (Fsp3) is 0.0164. The van der Waals surface area contributed by atoms with Crippen molar-refractivity contribution in [1.82, 2.24) is 9.13 Å². The molecule has 1 unspecified atom stereocenters. The Hall–Kier alpha value is -8.60. The van der Waals surface area contributed by atoms with Crippen LogP contribution in [0.3, 0.4) is 0 Å². The molecular formula is C61H39N3O. The van der Waals surface area contributed by atoms with Crippen LogP contribution in [-0.2, 0) is 5.41 Å². The Balaban J connectivity index is 1.02. The van der Waals surface area contributed by atoms with Crippen molar-refractivity contribution < 1.29 is 4.74 Å². The molecule has 0 N–H and O–H groups in total. The molecule has 4 nitrogen and oxygen atoms in total. The number of para-hydroxylation sites is 6. The summed E-state index contributed by atoms with van der Waals surface area (Å²) >= 11 is 0. The molecule has 2 aliphatic rings. The highest BCUT2D eigenvalue weighted by atomic mass is 16.5. The highest BCUT2D eigenvalue weighted by molar-refractivity contribution is 6.13. The Morgan fingerprint density at radius 1 is 0.338 bits per heavy atom. The smallest absolute Gasteiger partial charge is 0.134 e. The summed E-state index contributed by atoms with van der Waals surface area (Å²) in [7, 11) is 0. The van der Waals surface area contributed by atoms with Gasteiger partial charge in [-0.1, -0.05) is 164 Å². The average Bonchev–Trinajstić information content (AvgIpc) is 3.89. The number of fused-ring (bicyclic) bond motifs is 14. The van der Waals surface area contributed by atoms with E-state index in [1.165, 1.54) is 66.0 Å². The lowest BCUT2D eigenvalue weighted by Gasteiger charge is -2.45. The second-order valence-electron chi connectivity index (χ2n) is 17.2. The Bertz CT molecular complexity index is 3860. The number of anilines is 3. The van der Waals surface area contributed by atoms with E-state index in [1.54, 1.807) is 0 Å². The van der Waals surface area contributed by atoms with Gasteiger partial charge in [-0.05, 0) is 89.0 Å². The third kappa shape index (κ3) is 5.02. The van der Waals surface area contributed by atoms with E-state index in [1.807, 2.05) is 0 Å². The molecule has 1 atom stereocenters. The lowest BCUT2D eigenvalue weighted by molar-refractivity contribution is 0.434. The summed E-state index contributed by atoms with van der Waals surface area (Å²) in [5, 5.41) is 4.94. The highest BCUT2D eigenvalue weighted by Crippen LogP contribution is 2.61. The normalized spacial score (nSPS) is 14.6. The highest BCUT2D eigenvalue weighted by Gasteiger charge is 2.50. The summed E-state index contributed by atoms with van der Waals surface area (Å²) in [4.78, 5) is 2.38. The second kappa shape index (κ2) is 13.7. The molecule has 2 aromatic heterocycles. The topological polar surface area (TPSA) is 22.3 Å². The molecule has 0 fully saturated rings. The number of benzene rings is 10. The zero-order valence-corrected chi connectivity index (χ0v) is 35.3. The zero-order chi connectivity index (χ0) is 42.6. The predicted molar refractivity (Wildman–Crippen MR) is 267 cm³/mol. The number of aromatic nitrogens is 2. The number of hydrogen-bond donors (Lipinski definition) is 0. The molecule has 0 saturated carbocycles. The molecule has 0 amide bonds. The van der Waals surface area contributed by atoms with Crippen molar-refractivity contribution in [3.63, 3.8) is 0 Å². The van der Waals surface area contributed by atoms with Crippen LogP contribution in [0.2, 0.25) is 0 Å². The summed E-state index contributed by atoms with van der Waals surface area (Å²) in [6.07, 6.45) is 0. The van der Waals surface area contributed by atoms with Crippen LogP contribution in [0, 0.1) is 0 Å². The van der Waals surface area contributed by atoms with Crippen molar-refractivity contribution >= 4 is 60.7 Å². The summed E-state index contributed by atoms with van der Waals surface area (Å²) in [5.74, 6) is 1.70. The van der Waals surface area contributed by atoms with Crippen LogP contribution in [-0.4, -0.2) is 9.13 Å². The van der Waals surface area contributed by atoms with Gasteiger partial charge in [0.15, 0.2) is 0 Å². The van der Waals surface area contributed by atoms with Crippen LogP contribution in [0.15, 0.2) is 237 Å². The second-order valence-corrected chi connectivity index (χ2v) is 17.2. The third-order valence-corrected chi connectivity index (χ3v) is 13.9. The molecule has 12 aromatic rings. The minimum Gasteiger partial charge on any atom is -0.457 e. The largest absolute Gasteiger partial charge is 0.457 e. The quantitative estimate of drug-likeness (QED) is 0.172. The van der Waals surface area contributed by atoms with Gasteiger partial charge in [-0.15, -0.1) is 0 Å². The molecule has 304 valence electrons. The summed E-state index contributed by atoms with van der Waals surface area (Å²) in [5.41, 5.74) is 16.6. The fourth-order valence-electron chi connectivity index (χ4n) is 11.3. The van der Waals surface area contributed by atoms with Gasteiger partial charge in [0.2, 0.25) is 0 Å². The minimum absolute atomic E-state index is 0.652. The monoisotopic (exact) mass is 829 g/mol. The van der Waals surface area contributed by atoms with Gasteiger partial charge in [0.1, 0.15) is 11.5 Å². The van der Waals surface area contributed by atoms with Crippen LogP contribution in [0.4, 0.5) is 17.1 Å². The molecular weight excluding hydrogens is 791 g/mol. The van der Waals surface area contributed by atoms with Crippen molar-refractivity contribution in [1.29, 1.82) is 0 Å². The number of hydrogen-bond acceptors (Lipinski definition) is 2. The minimum atomic E-state index is -0.652. The van der Waals surface area contributed by atoms with Gasteiger partial charge >= 0.3 is 0 Å². The molecule has 0 bridgehead atoms. The average molecular weight is 830 g/mol. The molecule has 1 spiro atoms. The number of rotatable bonds is 5. The van der Waals surface area contributed by atoms with Crippen molar-refractivity contribution in [3.05, 3.63) is 259 Å². The standard InChI is InChI=1S/C61H39N3O/c1-3-16-40(17-4-1)41-30-32-43(33-31-41)62(44-34-36-48-46-20-7-11-26-54(46)63(57(48)38-44)42-18-5-2-6-19-42)45-35-37-52-59(39-45)65-58-29-14-10-24-51(58)61(52)50-23-9-13-28-56(50)64-55-27-12-8-21-47(55)49-22-15-25-53(61)60(49)64/h1-39H. The van der Waals surface area contributed by atoms with Gasteiger partial charge < -0.3 is 18.8 Å². The first kappa shape index (κ1) is 35.9. The van der Waals surface area contributed by atoms with E-state index in [4.69, 9.17) is 4.74 Å². The van der Waals surface area contributed by atoms with Gasteiger partial charge in [-0.2, -0.15) is 0 Å². The maximum absolute atomic E-state index is 7.15. The molecule has 0 aliphatic carbocycles. The molecule has 10 aromatic carbocycles. The summed E-state index contributed by atoms with van der Waals surface area (Å²) in [6.45, 7) is 0. The SMILES string of the molecule is c1ccc(-c2ccc(N(c3ccc4c(c3)Oc3ccccc3C43c4ccccc4-n4c5ccccc5c5cccc3c54)c3ccc4c5ccccc5n(-c5ccccc5)c4c3)cc2)cc1. The Morgan fingerprint density at radius 2 is 0.892 bits per heavy atom. The molecule has 0 saturated heterocycles. The van der Waals surface area contributed by atoms with Crippen LogP contribution in [0.25, 0.3) is 66.1 Å². The molecule has 0 radical (unpaired) electrons. The number of nitrogens with zero attached hydrogens (tertiary/aromatic N) is 3. The Labute approximate surface area is 376 Å². The molecule has 65 heavy (non-hydrogen) atoms. The molecule has 14 rings (SSSR count). The maximum atomic E-state index is 7.15. The van der Waals surface area contributed by atoms with E-state index in [0.717, 1.165) is 50.9 Å². The lowest BCUT2D eigenvalue weighted by Crippen LogP contribution is -2.37. The Morgan fingerprint density at radius 3 is 1.71 bits per heavy atom. The first-order valence-electron chi connectivity index (χ1n) is 22.3. The third-order valence-electron chi connectivity index (χ3n) is 13.9. The lowest BCUT2D eigenvalue weighted by atomic mass is 9.62. The van der Waals surface area contributed by atoms with Crippen molar-refractivity contribution in [2.45, 2.75) is 5.41 Å². The van der Waals surface area contributed by atoms with E-state index in [9.17, 15) is 0 Å². The van der Waals surface area contributed by atoms with E-state index < -0.39 is 5.41 Å². The van der Waals surface area contributed by atoms with Crippen LogP contribution >= 0.6 is 0 Å². The van der Waals surface area contributed by atoms with Crippen LogP contribution in [0.5, 0.6) is 11.5 Å². The van der Waals surface area contributed by atoms with Gasteiger partial charge in [-0.25, -0.2) is 0 Å². The zero-order valence-electron chi connectivity index (χ0n) is 35.3. The predicted octanol–water partition coefficient (Wildman–Crippen LogP) is 15.8. The van der Waals surface area contributed by atoms with Crippen LogP contribution in [0.1, 0.15) is 22.3 Å². The first-order chi connectivity index (χ1) is 32.3. The number of ether oxygens (including phenoxy) is 1. The Kier molecular flexibility index (Phi) is 7.57. The molecule has 4 heterocycles. The van der Waals surface area contributed by atoms with E-state index >= 15 is 0 Å². The van der Waals surface area contributed by atoms with Crippen molar-refractivity contribution in [2.75, 3.05) is 4.90 Å². The summed E-state index contributed by atoms with van der Waals surface area (Å²) < 4.78 is 12.0. The molecule has 2 aliphatic heterocycles. The van der Waals surface area contributed by atoms with Crippen molar-refractivity contribution in [2.24, 2.45) is 0 Å². The van der Waals surface area contributed by atoms with Gasteiger partial charge in [0.05, 0.1) is 33.2 Å². The van der Waals surface area contributed by atoms with Gasteiger partial charge in [-0.3, -0.25) is 0 Å². The van der Waals surface area contributed by atoms with E-state index in [-0.39, 0.29) is 0 Å². The van der Waals surface area contributed by atoms with E-state index in [2.05, 4.69) is 251 Å². The first-order valence-corrected chi connectivity index (χ1v) is 22.3. The van der Waals surface area contributed by atoms with Gasteiger partial charge in [0, 0.05) is 61.5 Å². The fourth-order valence-corrected chi connectivity index (χ4v) is 11.3. The maximum Gasteiger partial charge on any atom is 0.134 e. The van der Waals surface area contributed by atoms with Gasteiger partial charge in [0.25, 0.3) is 0 Å². The van der Waals surface area contributed by atoms with E-state index in [0.29, 0.717) is 0 Å². The summed E-state index contributed by atoms with van der Waals surface area (Å²) in [6, 6.07) is 86.1.